The summed E-state index contributed by atoms with van der Waals surface area (Å²) in [4.78, 5) is 15.9. The summed E-state index contributed by atoms with van der Waals surface area (Å²) in [5.74, 6) is 0.696. The maximum absolute atomic E-state index is 5.51. The molecule has 61 heavy (non-hydrogen) atoms. The highest BCUT2D eigenvalue weighted by Gasteiger charge is 2.19. The Morgan fingerprint density at radius 2 is 0.852 bits per heavy atom. The van der Waals surface area contributed by atoms with E-state index in [0.717, 1.165) is 83.2 Å². The molecule has 0 N–H and O–H groups in total. The zero-order chi connectivity index (χ0) is 40.3. The fourth-order valence-corrected chi connectivity index (χ4v) is 9.13. The average Bonchev–Trinajstić information content (AvgIpc) is 3.66. The van der Waals surface area contributed by atoms with Gasteiger partial charge in [0.05, 0.1) is 33.6 Å². The molecule has 0 unspecified atom stereocenters. The largest absolute Gasteiger partial charge is 0.309 e. The number of nitrogens with zero attached hydrogens (tertiary/aromatic N) is 4. The van der Waals surface area contributed by atoms with Crippen LogP contribution in [-0.4, -0.2) is 19.5 Å². The first kappa shape index (κ1) is 34.8. The van der Waals surface area contributed by atoms with Crippen LogP contribution in [0.1, 0.15) is 0 Å². The SMILES string of the molecule is c1ccc(-c2cc(-c3ccccc3)nc(-c3ccc(-c4ccc5c(c4)nc(-c4ccccc4)c4cc6c7ccccc7n(-c7ccccc7)c6cc45)c4ccccc34)n2)cc1. The Balaban J connectivity index is 1.07. The van der Waals surface area contributed by atoms with Crippen LogP contribution < -0.4 is 0 Å². The van der Waals surface area contributed by atoms with Crippen LogP contribution in [0.5, 0.6) is 0 Å². The van der Waals surface area contributed by atoms with E-state index in [9.17, 15) is 0 Å². The van der Waals surface area contributed by atoms with E-state index in [1.807, 2.05) is 12.1 Å². The lowest BCUT2D eigenvalue weighted by atomic mass is 9.92. The molecule has 0 aliphatic heterocycles. The van der Waals surface area contributed by atoms with Crippen LogP contribution >= 0.6 is 0 Å². The maximum atomic E-state index is 5.51. The Morgan fingerprint density at radius 3 is 1.52 bits per heavy atom. The number of benzene rings is 9. The van der Waals surface area contributed by atoms with Crippen molar-refractivity contribution >= 4 is 54.3 Å². The van der Waals surface area contributed by atoms with Crippen molar-refractivity contribution in [2.45, 2.75) is 0 Å². The lowest BCUT2D eigenvalue weighted by Crippen LogP contribution is -1.97. The molecule has 0 amide bonds. The minimum absolute atomic E-state index is 0.696. The van der Waals surface area contributed by atoms with Gasteiger partial charge in [0, 0.05) is 49.5 Å². The predicted molar refractivity (Wildman–Crippen MR) is 254 cm³/mol. The van der Waals surface area contributed by atoms with Gasteiger partial charge in [0.25, 0.3) is 0 Å². The van der Waals surface area contributed by atoms with Crippen molar-refractivity contribution in [1.29, 1.82) is 0 Å². The van der Waals surface area contributed by atoms with E-state index in [0.29, 0.717) is 5.82 Å². The number of fused-ring (bicyclic) bond motifs is 7. The molecule has 12 aromatic rings. The molecule has 4 nitrogen and oxygen atoms in total. The predicted octanol–water partition coefficient (Wildman–Crippen LogP) is 14.8. The minimum Gasteiger partial charge on any atom is -0.309 e. The first-order valence-electron chi connectivity index (χ1n) is 20.7. The van der Waals surface area contributed by atoms with Gasteiger partial charge >= 0.3 is 0 Å². The van der Waals surface area contributed by atoms with Gasteiger partial charge in [0.15, 0.2) is 5.82 Å². The van der Waals surface area contributed by atoms with E-state index < -0.39 is 0 Å². The van der Waals surface area contributed by atoms with E-state index in [4.69, 9.17) is 15.0 Å². The van der Waals surface area contributed by atoms with Gasteiger partial charge in [-0.05, 0) is 75.8 Å². The second kappa shape index (κ2) is 14.3. The summed E-state index contributed by atoms with van der Waals surface area (Å²) < 4.78 is 2.39. The van der Waals surface area contributed by atoms with Crippen molar-refractivity contribution < 1.29 is 0 Å². The third-order valence-electron chi connectivity index (χ3n) is 12.0. The fourth-order valence-electron chi connectivity index (χ4n) is 9.13. The Hall–Kier alpha value is -8.21. The van der Waals surface area contributed by atoms with Crippen molar-refractivity contribution in [3.05, 3.63) is 218 Å². The number of aromatic nitrogens is 4. The molecule has 0 radical (unpaired) electrons. The normalized spacial score (nSPS) is 11.6. The summed E-state index contributed by atoms with van der Waals surface area (Å²) in [6.45, 7) is 0. The Kier molecular flexibility index (Phi) is 8.13. The summed E-state index contributed by atoms with van der Waals surface area (Å²) in [7, 11) is 0. The smallest absolute Gasteiger partial charge is 0.161 e. The highest BCUT2D eigenvalue weighted by atomic mass is 15.0. The molecule has 4 heteroatoms. The van der Waals surface area contributed by atoms with Gasteiger partial charge < -0.3 is 4.57 Å². The van der Waals surface area contributed by atoms with Crippen LogP contribution in [0.2, 0.25) is 0 Å². The van der Waals surface area contributed by atoms with Crippen molar-refractivity contribution in [2.75, 3.05) is 0 Å². The Bertz CT molecular complexity index is 3560. The zero-order valence-electron chi connectivity index (χ0n) is 33.1. The second-order valence-electron chi connectivity index (χ2n) is 15.6. The second-order valence-corrected chi connectivity index (χ2v) is 15.6. The highest BCUT2D eigenvalue weighted by molar-refractivity contribution is 6.20. The number of hydrogen-bond acceptors (Lipinski definition) is 3. The summed E-state index contributed by atoms with van der Waals surface area (Å²) >= 11 is 0. The molecule has 0 spiro atoms. The van der Waals surface area contributed by atoms with Crippen LogP contribution in [0.25, 0.3) is 116 Å². The molecule has 12 rings (SSSR count). The summed E-state index contributed by atoms with van der Waals surface area (Å²) in [5.41, 5.74) is 13.6. The van der Waals surface area contributed by atoms with E-state index >= 15 is 0 Å². The van der Waals surface area contributed by atoms with Crippen LogP contribution in [0, 0.1) is 0 Å². The molecule has 0 atom stereocenters. The first-order valence-corrected chi connectivity index (χ1v) is 20.7. The molecule has 0 saturated heterocycles. The van der Waals surface area contributed by atoms with Gasteiger partial charge in [0.2, 0.25) is 0 Å². The molecule has 284 valence electrons. The number of pyridine rings is 1. The zero-order valence-corrected chi connectivity index (χ0v) is 33.1. The molecule has 0 bridgehead atoms. The summed E-state index contributed by atoms with van der Waals surface area (Å²) in [6, 6.07) is 77.3. The average molecular weight is 777 g/mol. The van der Waals surface area contributed by atoms with Crippen LogP contribution in [0.15, 0.2) is 218 Å². The lowest BCUT2D eigenvalue weighted by molar-refractivity contribution is 1.18. The van der Waals surface area contributed by atoms with Crippen molar-refractivity contribution in [2.24, 2.45) is 0 Å². The molecule has 3 heterocycles. The van der Waals surface area contributed by atoms with Crippen molar-refractivity contribution in [3.63, 3.8) is 0 Å². The molecular formula is C57H36N4. The van der Waals surface area contributed by atoms with Gasteiger partial charge in [-0.2, -0.15) is 0 Å². The topological polar surface area (TPSA) is 43.6 Å². The summed E-state index contributed by atoms with van der Waals surface area (Å²) in [6.07, 6.45) is 0. The molecule has 0 fully saturated rings. The van der Waals surface area contributed by atoms with Gasteiger partial charge in [-0.15, -0.1) is 0 Å². The maximum Gasteiger partial charge on any atom is 0.161 e. The van der Waals surface area contributed by atoms with Crippen LogP contribution in [0.4, 0.5) is 0 Å². The fraction of sp³-hybridized carbons (Fsp3) is 0. The Labute approximate surface area is 352 Å². The van der Waals surface area contributed by atoms with Gasteiger partial charge in [-0.25, -0.2) is 15.0 Å². The van der Waals surface area contributed by atoms with Gasteiger partial charge in [-0.1, -0.05) is 170 Å². The van der Waals surface area contributed by atoms with Crippen LogP contribution in [-0.2, 0) is 0 Å². The number of rotatable bonds is 6. The Morgan fingerprint density at radius 1 is 0.295 bits per heavy atom. The molecule has 3 aromatic heterocycles. The summed E-state index contributed by atoms with van der Waals surface area (Å²) in [5, 5.41) is 8.09. The van der Waals surface area contributed by atoms with Crippen molar-refractivity contribution in [3.8, 4) is 62.0 Å². The monoisotopic (exact) mass is 776 g/mol. The standard InChI is InChI=1S/C57H36N4/c1-5-17-37(18-6-1)51-36-52(38-19-7-2-8-20-38)60-57(59-51)47-32-31-42(43-25-13-14-26-44(43)47)40-29-30-45-48-35-55-49(34-50(48)56(58-53(45)33-40)39-21-9-3-10-22-39)46-27-15-16-28-54(46)61(55)41-23-11-4-12-24-41/h1-36H. The third kappa shape index (κ3) is 5.88. The molecule has 0 aliphatic rings. The minimum atomic E-state index is 0.696. The number of para-hydroxylation sites is 2. The van der Waals surface area contributed by atoms with Crippen LogP contribution in [0.3, 0.4) is 0 Å². The van der Waals surface area contributed by atoms with Crippen molar-refractivity contribution in [1.82, 2.24) is 19.5 Å². The van der Waals surface area contributed by atoms with E-state index in [2.05, 4.69) is 211 Å². The molecular weight excluding hydrogens is 741 g/mol. The lowest BCUT2D eigenvalue weighted by Gasteiger charge is -2.15. The van der Waals surface area contributed by atoms with E-state index in [1.165, 1.54) is 27.2 Å². The molecule has 0 aliphatic carbocycles. The third-order valence-corrected chi connectivity index (χ3v) is 12.0. The first-order chi connectivity index (χ1) is 30.2. The molecule has 0 saturated carbocycles. The molecule has 9 aromatic carbocycles. The number of hydrogen-bond donors (Lipinski definition) is 0. The van der Waals surface area contributed by atoms with Gasteiger partial charge in [-0.3, -0.25) is 0 Å². The quantitative estimate of drug-likeness (QED) is 0.158. The van der Waals surface area contributed by atoms with Gasteiger partial charge in [0.1, 0.15) is 0 Å². The van der Waals surface area contributed by atoms with E-state index in [-0.39, 0.29) is 0 Å². The van der Waals surface area contributed by atoms with E-state index in [1.54, 1.807) is 0 Å². The highest BCUT2D eigenvalue weighted by Crippen LogP contribution is 2.42.